The van der Waals surface area contributed by atoms with Crippen molar-refractivity contribution in [3.05, 3.63) is 32.8 Å². The molecule has 0 radical (unpaired) electrons. The molecule has 11 heteroatoms. The highest BCUT2D eigenvalue weighted by atomic mass is 127. The van der Waals surface area contributed by atoms with E-state index >= 15 is 0 Å². The largest absolute Gasteiger partial charge is 0.444 e. The Balaban J connectivity index is 0.000000540. The van der Waals surface area contributed by atoms with Crippen LogP contribution in [0.3, 0.4) is 0 Å². The summed E-state index contributed by atoms with van der Waals surface area (Å²) >= 11 is 5.43. The molecule has 0 aliphatic carbocycles. The van der Waals surface area contributed by atoms with Gasteiger partial charge in [-0.05, 0) is 49.8 Å². The van der Waals surface area contributed by atoms with Crippen molar-refractivity contribution in [2.24, 2.45) is 7.05 Å². The number of carbonyl (C=O) groups is 2. The molecule has 0 fully saturated rings. The number of alkyl carbamates (subject to hydrolysis) is 1. The van der Waals surface area contributed by atoms with E-state index in [1.54, 1.807) is 23.3 Å². The van der Waals surface area contributed by atoms with E-state index < -0.39 is 5.60 Å². The van der Waals surface area contributed by atoms with Gasteiger partial charge >= 0.3 is 6.09 Å². The van der Waals surface area contributed by atoms with Gasteiger partial charge in [0.2, 0.25) is 0 Å². The first kappa shape index (κ1) is 28.9. The van der Waals surface area contributed by atoms with Gasteiger partial charge in [0, 0.05) is 66.5 Å². The number of hydrogen-bond donors (Lipinski definition) is 2. The molecule has 0 aliphatic heterocycles. The molecular weight excluding hydrogens is 587 g/mol. The number of aldehydes is 1. The first-order valence-electron chi connectivity index (χ1n) is 9.32. The van der Waals surface area contributed by atoms with Gasteiger partial charge in [-0.25, -0.2) is 4.79 Å². The third-order valence-electron chi connectivity index (χ3n) is 3.31. The molecule has 2 aromatic rings. The number of aryl methyl sites for hydroxylation is 1. The Hall–Kier alpha value is -1.05. The molecule has 30 heavy (non-hydrogen) atoms. The van der Waals surface area contributed by atoms with Crippen molar-refractivity contribution in [3.63, 3.8) is 0 Å². The van der Waals surface area contributed by atoms with Crippen LogP contribution < -0.4 is 16.2 Å². The summed E-state index contributed by atoms with van der Waals surface area (Å²) in [5.74, 6) is 0. The van der Waals surface area contributed by atoms with Crippen LogP contribution in [0.1, 0.15) is 45.1 Å². The number of rotatable bonds is 5. The summed E-state index contributed by atoms with van der Waals surface area (Å²) in [6, 6.07) is 1.71. The van der Waals surface area contributed by atoms with Gasteiger partial charge in [0.05, 0.1) is 5.69 Å². The fraction of sp³-hybridized carbons (Fsp3) is 0.526. The molecule has 8 nitrogen and oxygen atoms in total. The highest BCUT2D eigenvalue weighted by molar-refractivity contribution is 14.2. The average molecular weight is 617 g/mol. The minimum atomic E-state index is -0.413. The third-order valence-corrected chi connectivity index (χ3v) is 5.65. The number of nitrogens with one attached hydrogen (secondary N) is 2. The molecule has 0 aromatic carbocycles. The number of ether oxygens (including phenoxy) is 1. The summed E-state index contributed by atoms with van der Waals surface area (Å²) in [6.07, 6.45) is 2.08. The minimum Gasteiger partial charge on any atom is -0.444 e. The number of nitrogens with zero attached hydrogens (tertiary/aromatic N) is 2. The minimum absolute atomic E-state index is 0.115. The van der Waals surface area contributed by atoms with Crippen molar-refractivity contribution in [2.45, 2.75) is 40.2 Å². The lowest BCUT2D eigenvalue weighted by atomic mass is 10.2. The normalized spacial score (nSPS) is 10.4. The van der Waals surface area contributed by atoms with Gasteiger partial charge in [-0.1, -0.05) is 13.8 Å². The Kier molecular flexibility index (Phi) is 13.6. The van der Waals surface area contributed by atoms with Crippen molar-refractivity contribution in [1.29, 1.82) is 0 Å². The van der Waals surface area contributed by atoms with Crippen LogP contribution in [0.5, 0.6) is 0 Å². The Labute approximate surface area is 202 Å². The SMILES string of the molecule is CC.CNCCNC(=O)OC(C)(C)C.Cn1cc(Br)c2cc(C=O)n(SI)c2c1=O. The zero-order valence-electron chi connectivity index (χ0n) is 18.3. The lowest BCUT2D eigenvalue weighted by molar-refractivity contribution is 0.0528. The van der Waals surface area contributed by atoms with E-state index in [1.165, 1.54) is 13.7 Å². The van der Waals surface area contributed by atoms with Gasteiger partial charge in [-0.2, -0.15) is 0 Å². The highest BCUT2D eigenvalue weighted by Crippen LogP contribution is 2.29. The van der Waals surface area contributed by atoms with Crippen molar-refractivity contribution < 1.29 is 14.3 Å². The number of fused-ring (bicyclic) bond motifs is 1. The molecule has 1 amide bonds. The molecule has 0 atom stereocenters. The number of aromatic nitrogens is 2. The van der Waals surface area contributed by atoms with E-state index in [0.29, 0.717) is 17.8 Å². The van der Waals surface area contributed by atoms with Crippen LogP contribution in [0.2, 0.25) is 0 Å². The summed E-state index contributed by atoms with van der Waals surface area (Å²) in [5, 5.41) is 6.29. The van der Waals surface area contributed by atoms with Crippen LogP contribution in [-0.2, 0) is 11.8 Å². The predicted molar refractivity (Wildman–Crippen MR) is 137 cm³/mol. The second-order valence-corrected chi connectivity index (χ2v) is 9.28. The van der Waals surface area contributed by atoms with Crippen molar-refractivity contribution in [3.8, 4) is 0 Å². The summed E-state index contributed by atoms with van der Waals surface area (Å²) in [6.45, 7) is 10.9. The lowest BCUT2D eigenvalue weighted by Gasteiger charge is -2.19. The van der Waals surface area contributed by atoms with E-state index in [0.717, 1.165) is 22.7 Å². The van der Waals surface area contributed by atoms with Crippen LogP contribution in [-0.4, -0.2) is 46.7 Å². The summed E-state index contributed by atoms with van der Waals surface area (Å²) in [5.41, 5.74) is 0.483. The van der Waals surface area contributed by atoms with Crippen LogP contribution in [0.25, 0.3) is 10.9 Å². The van der Waals surface area contributed by atoms with Crippen LogP contribution in [0, 0.1) is 0 Å². The molecular formula is C19H30BrIN4O4S. The van der Waals surface area contributed by atoms with E-state index in [4.69, 9.17) is 4.74 Å². The molecule has 0 unspecified atom stereocenters. The quantitative estimate of drug-likeness (QED) is 0.292. The number of amides is 1. The average Bonchev–Trinajstić information content (AvgIpc) is 3.06. The maximum Gasteiger partial charge on any atom is 0.407 e. The first-order chi connectivity index (χ1) is 14.1. The Morgan fingerprint density at radius 1 is 1.33 bits per heavy atom. The van der Waals surface area contributed by atoms with Crippen molar-refractivity contribution in [1.82, 2.24) is 19.2 Å². The molecule has 0 aliphatic rings. The summed E-state index contributed by atoms with van der Waals surface area (Å²) in [4.78, 5) is 33.9. The van der Waals surface area contributed by atoms with Crippen LogP contribution in [0.4, 0.5) is 4.79 Å². The third kappa shape index (κ3) is 8.98. The molecule has 2 aromatic heterocycles. The standard InChI is InChI=1S/C9H6BrIN2O2S.C8H18N2O2.C2H6/c1-12-3-7(10)6-2-5(4-14)13(16-11)8(6)9(12)15;1-8(2,3)12-7(11)10-6-5-9-4;1-2/h2-4H,1H3;9H,5-6H2,1-4H3,(H,10,11);1-2H3. The van der Waals surface area contributed by atoms with E-state index in [1.807, 2.05) is 62.9 Å². The number of halogens is 2. The van der Waals surface area contributed by atoms with Crippen molar-refractivity contribution >= 4 is 69.5 Å². The topological polar surface area (TPSA) is 94.4 Å². The maximum atomic E-state index is 12.0. The fourth-order valence-electron chi connectivity index (χ4n) is 2.12. The maximum absolute atomic E-state index is 12.0. The Morgan fingerprint density at radius 3 is 2.40 bits per heavy atom. The highest BCUT2D eigenvalue weighted by Gasteiger charge is 2.16. The number of likely N-dealkylation sites (N-methyl/N-ethyl adjacent to an activating group) is 1. The van der Waals surface area contributed by atoms with Crippen LogP contribution in [0.15, 0.2) is 21.5 Å². The lowest BCUT2D eigenvalue weighted by Crippen LogP contribution is -2.35. The molecule has 170 valence electrons. The number of hydrogen-bond acceptors (Lipinski definition) is 6. The van der Waals surface area contributed by atoms with Gasteiger partial charge in [-0.15, -0.1) is 0 Å². The second kappa shape index (κ2) is 14.1. The number of pyridine rings is 1. The first-order valence-corrected chi connectivity index (χ1v) is 13.4. The van der Waals surface area contributed by atoms with Gasteiger partial charge < -0.3 is 19.9 Å². The second-order valence-electron chi connectivity index (χ2n) is 6.74. The van der Waals surface area contributed by atoms with E-state index in [9.17, 15) is 14.4 Å². The van der Waals surface area contributed by atoms with E-state index in [-0.39, 0.29) is 11.7 Å². The van der Waals surface area contributed by atoms with Gasteiger partial charge in [0.1, 0.15) is 11.1 Å². The molecule has 2 heterocycles. The Morgan fingerprint density at radius 2 is 1.93 bits per heavy atom. The summed E-state index contributed by atoms with van der Waals surface area (Å²) in [7, 11) is 4.82. The fourth-order valence-corrected chi connectivity index (χ4v) is 4.43. The molecule has 0 bridgehead atoms. The summed E-state index contributed by atoms with van der Waals surface area (Å²) < 4.78 is 8.93. The van der Waals surface area contributed by atoms with Crippen molar-refractivity contribution in [2.75, 3.05) is 20.1 Å². The predicted octanol–water partition coefficient (Wildman–Crippen LogP) is 4.52. The van der Waals surface area contributed by atoms with Gasteiger partial charge in [-0.3, -0.25) is 13.6 Å². The number of carbonyl (C=O) groups excluding carboxylic acids is 2. The smallest absolute Gasteiger partial charge is 0.407 e. The molecule has 0 saturated carbocycles. The molecule has 0 saturated heterocycles. The Bertz CT molecular complexity index is 893. The molecule has 0 spiro atoms. The monoisotopic (exact) mass is 616 g/mol. The van der Waals surface area contributed by atoms with E-state index in [2.05, 4.69) is 26.6 Å². The molecule has 2 rings (SSSR count). The van der Waals surface area contributed by atoms with Gasteiger partial charge in [0.15, 0.2) is 6.29 Å². The zero-order valence-corrected chi connectivity index (χ0v) is 22.9. The molecule has 2 N–H and O–H groups in total. The van der Waals surface area contributed by atoms with Gasteiger partial charge in [0.25, 0.3) is 5.56 Å². The van der Waals surface area contributed by atoms with Crippen LogP contribution >= 0.6 is 46.3 Å². The zero-order chi connectivity index (χ0) is 23.5.